The first-order valence-electron chi connectivity index (χ1n) is 12.6. The molecule has 0 bridgehead atoms. The molecule has 0 aromatic heterocycles. The van der Waals surface area contributed by atoms with Gasteiger partial charge in [-0.1, -0.05) is 84.0 Å². The smallest absolute Gasteiger partial charge is 0.118 e. The van der Waals surface area contributed by atoms with E-state index in [4.69, 9.17) is 5.26 Å². The third kappa shape index (κ3) is 6.29. The first-order chi connectivity index (χ1) is 16.2. The van der Waals surface area contributed by atoms with Crippen molar-refractivity contribution in [2.45, 2.75) is 73.1 Å². The number of aromatic hydroxyl groups is 1. The second kappa shape index (κ2) is 11.4. The Bertz CT molecular complexity index is 1160. The third-order valence-electron chi connectivity index (χ3n) is 6.33. The standard InChI is InChI=1S/C32H39NO/c1-21(2)16-27-18-24(8-7-15-33)9-12-29(27)26-10-13-30(31(20-26)23(5)6)25-11-14-32(34)28(19-25)17-22(3)4/h9-14,18-23,34H,7-8,16-17H2,1-6H3. The molecule has 3 aromatic rings. The quantitative estimate of drug-likeness (QED) is 0.352. The lowest BCUT2D eigenvalue weighted by Crippen LogP contribution is -2.00. The molecule has 3 rings (SSSR count). The minimum Gasteiger partial charge on any atom is -0.508 e. The third-order valence-corrected chi connectivity index (χ3v) is 6.33. The number of nitrogens with zero attached hydrogens (tertiary/aromatic N) is 1. The number of hydrogen-bond acceptors (Lipinski definition) is 2. The fourth-order valence-corrected chi connectivity index (χ4v) is 4.72. The highest BCUT2D eigenvalue weighted by Crippen LogP contribution is 2.37. The van der Waals surface area contributed by atoms with Gasteiger partial charge < -0.3 is 5.11 Å². The van der Waals surface area contributed by atoms with E-state index in [1.165, 1.54) is 33.4 Å². The van der Waals surface area contributed by atoms with Gasteiger partial charge >= 0.3 is 0 Å². The van der Waals surface area contributed by atoms with E-state index in [0.717, 1.165) is 30.4 Å². The van der Waals surface area contributed by atoms with Crippen LogP contribution in [-0.2, 0) is 19.3 Å². The van der Waals surface area contributed by atoms with Crippen LogP contribution in [0, 0.1) is 23.2 Å². The lowest BCUT2D eigenvalue weighted by molar-refractivity contribution is 0.462. The van der Waals surface area contributed by atoms with Gasteiger partial charge in [0.05, 0.1) is 6.07 Å². The number of phenolic OH excluding ortho intramolecular Hbond substituents is 1. The van der Waals surface area contributed by atoms with Crippen LogP contribution in [0.2, 0.25) is 0 Å². The molecule has 0 fully saturated rings. The summed E-state index contributed by atoms with van der Waals surface area (Å²) in [5.41, 5.74) is 9.87. The summed E-state index contributed by atoms with van der Waals surface area (Å²) in [5, 5.41) is 19.4. The molecular formula is C32H39NO. The van der Waals surface area contributed by atoms with Crippen molar-refractivity contribution in [3.63, 3.8) is 0 Å². The monoisotopic (exact) mass is 453 g/mol. The van der Waals surface area contributed by atoms with Gasteiger partial charge in [0.1, 0.15) is 5.75 Å². The molecule has 0 saturated heterocycles. The van der Waals surface area contributed by atoms with Crippen LogP contribution >= 0.6 is 0 Å². The maximum atomic E-state index is 10.4. The maximum Gasteiger partial charge on any atom is 0.118 e. The van der Waals surface area contributed by atoms with Crippen molar-refractivity contribution in [3.8, 4) is 34.1 Å². The zero-order valence-corrected chi connectivity index (χ0v) is 21.7. The van der Waals surface area contributed by atoms with Gasteiger partial charge in [0.25, 0.3) is 0 Å². The Labute approximate surface area is 206 Å². The first kappa shape index (κ1) is 25.6. The van der Waals surface area contributed by atoms with Crippen molar-refractivity contribution in [1.82, 2.24) is 0 Å². The Morgan fingerprint density at radius 3 is 2.00 bits per heavy atom. The summed E-state index contributed by atoms with van der Waals surface area (Å²) >= 11 is 0. The lowest BCUT2D eigenvalue weighted by atomic mass is 9.86. The van der Waals surface area contributed by atoms with E-state index in [2.05, 4.69) is 90.1 Å². The second-order valence-electron chi connectivity index (χ2n) is 10.6. The predicted molar refractivity (Wildman–Crippen MR) is 144 cm³/mol. The number of hydrogen-bond donors (Lipinski definition) is 1. The van der Waals surface area contributed by atoms with E-state index in [1.54, 1.807) is 0 Å². The molecule has 2 heteroatoms. The van der Waals surface area contributed by atoms with Crippen LogP contribution < -0.4 is 0 Å². The zero-order chi connectivity index (χ0) is 24.8. The average Bonchev–Trinajstić information content (AvgIpc) is 2.78. The molecule has 0 aliphatic rings. The maximum absolute atomic E-state index is 10.4. The van der Waals surface area contributed by atoms with Crippen LogP contribution in [0.25, 0.3) is 22.3 Å². The van der Waals surface area contributed by atoms with Gasteiger partial charge in [-0.3, -0.25) is 0 Å². The molecule has 0 spiro atoms. The Balaban J connectivity index is 2.08. The molecule has 3 aromatic carbocycles. The van der Waals surface area contributed by atoms with Gasteiger partial charge in [-0.05, 0) is 93.7 Å². The summed E-state index contributed by atoms with van der Waals surface area (Å²) in [6, 6.07) is 21.9. The van der Waals surface area contributed by atoms with E-state index in [9.17, 15) is 5.11 Å². The van der Waals surface area contributed by atoms with E-state index >= 15 is 0 Å². The molecule has 0 heterocycles. The molecule has 2 nitrogen and oxygen atoms in total. The summed E-state index contributed by atoms with van der Waals surface area (Å²) in [5.74, 6) is 1.81. The minimum atomic E-state index is 0.376. The molecule has 0 atom stereocenters. The molecule has 1 N–H and O–H groups in total. The first-order valence-corrected chi connectivity index (χ1v) is 12.6. The average molecular weight is 454 g/mol. The summed E-state index contributed by atoms with van der Waals surface area (Å²) in [7, 11) is 0. The topological polar surface area (TPSA) is 44.0 Å². The Hall–Kier alpha value is -3.05. The number of rotatable bonds is 9. The molecule has 0 aliphatic carbocycles. The Morgan fingerprint density at radius 2 is 1.35 bits per heavy atom. The van der Waals surface area contributed by atoms with Crippen LogP contribution in [0.15, 0.2) is 54.6 Å². The summed E-state index contributed by atoms with van der Waals surface area (Å²) in [6.45, 7) is 13.4. The largest absolute Gasteiger partial charge is 0.508 e. The highest BCUT2D eigenvalue weighted by Gasteiger charge is 2.15. The van der Waals surface area contributed by atoms with Crippen molar-refractivity contribution in [3.05, 3.63) is 76.9 Å². The number of nitriles is 1. The van der Waals surface area contributed by atoms with Crippen molar-refractivity contribution < 1.29 is 5.11 Å². The van der Waals surface area contributed by atoms with Crippen LogP contribution in [0.5, 0.6) is 5.75 Å². The van der Waals surface area contributed by atoms with Crippen LogP contribution in [-0.4, -0.2) is 5.11 Å². The molecule has 0 amide bonds. The minimum absolute atomic E-state index is 0.376. The van der Waals surface area contributed by atoms with Crippen LogP contribution in [0.3, 0.4) is 0 Å². The van der Waals surface area contributed by atoms with E-state index in [1.807, 2.05) is 12.1 Å². The fraction of sp³-hybridized carbons (Fsp3) is 0.406. The highest BCUT2D eigenvalue weighted by atomic mass is 16.3. The van der Waals surface area contributed by atoms with Crippen molar-refractivity contribution >= 4 is 0 Å². The van der Waals surface area contributed by atoms with Gasteiger partial charge in [0.2, 0.25) is 0 Å². The number of aryl methyl sites for hydroxylation is 1. The van der Waals surface area contributed by atoms with Gasteiger partial charge in [-0.2, -0.15) is 5.26 Å². The lowest BCUT2D eigenvalue weighted by Gasteiger charge is -2.19. The van der Waals surface area contributed by atoms with E-state index in [-0.39, 0.29) is 0 Å². The van der Waals surface area contributed by atoms with Gasteiger partial charge in [-0.15, -0.1) is 0 Å². The fourth-order valence-electron chi connectivity index (χ4n) is 4.72. The Kier molecular flexibility index (Phi) is 8.56. The molecule has 0 aliphatic heterocycles. The van der Waals surface area contributed by atoms with E-state index < -0.39 is 0 Å². The van der Waals surface area contributed by atoms with E-state index in [0.29, 0.717) is 29.9 Å². The van der Waals surface area contributed by atoms with Gasteiger partial charge in [0.15, 0.2) is 0 Å². The highest BCUT2D eigenvalue weighted by molar-refractivity contribution is 5.76. The zero-order valence-electron chi connectivity index (χ0n) is 21.7. The molecule has 0 radical (unpaired) electrons. The normalized spacial score (nSPS) is 11.4. The Morgan fingerprint density at radius 1 is 0.735 bits per heavy atom. The van der Waals surface area contributed by atoms with Gasteiger partial charge in [-0.25, -0.2) is 0 Å². The van der Waals surface area contributed by atoms with Crippen molar-refractivity contribution in [2.75, 3.05) is 0 Å². The molecular weight excluding hydrogens is 414 g/mol. The predicted octanol–water partition coefficient (Wildman–Crippen LogP) is 8.70. The summed E-state index contributed by atoms with van der Waals surface area (Å²) in [4.78, 5) is 0. The molecule has 0 saturated carbocycles. The molecule has 0 unspecified atom stereocenters. The van der Waals surface area contributed by atoms with Gasteiger partial charge in [0, 0.05) is 6.42 Å². The van der Waals surface area contributed by atoms with Crippen molar-refractivity contribution in [2.24, 2.45) is 11.8 Å². The summed E-state index contributed by atoms with van der Waals surface area (Å²) < 4.78 is 0. The van der Waals surface area contributed by atoms with Crippen molar-refractivity contribution in [1.29, 1.82) is 5.26 Å². The molecule has 178 valence electrons. The number of benzene rings is 3. The van der Waals surface area contributed by atoms with Crippen LogP contribution in [0.4, 0.5) is 0 Å². The van der Waals surface area contributed by atoms with Crippen LogP contribution in [0.1, 0.15) is 76.1 Å². The number of phenols is 1. The molecule has 34 heavy (non-hydrogen) atoms. The second-order valence-corrected chi connectivity index (χ2v) is 10.6. The summed E-state index contributed by atoms with van der Waals surface area (Å²) in [6.07, 6.45) is 3.24. The SMILES string of the molecule is CC(C)Cc1cc(-c2ccc(-c3ccc(CCC#N)cc3CC(C)C)cc2C(C)C)ccc1O.